The quantitative estimate of drug-likeness (QED) is 0.776. The number of nitrogens with zero attached hydrogens (tertiary/aromatic N) is 3. The van der Waals surface area contributed by atoms with Crippen LogP contribution in [0, 0.1) is 17.1 Å². The molecule has 0 amide bonds. The Balaban J connectivity index is 2.73. The molecule has 0 saturated heterocycles. The molecule has 16 heavy (non-hydrogen) atoms. The lowest BCUT2D eigenvalue weighted by Crippen LogP contribution is -1.98. The van der Waals surface area contributed by atoms with Crippen LogP contribution in [0.3, 0.4) is 0 Å². The van der Waals surface area contributed by atoms with Crippen LogP contribution in [-0.4, -0.2) is 9.38 Å². The van der Waals surface area contributed by atoms with Gasteiger partial charge in [-0.3, -0.25) is 4.40 Å². The van der Waals surface area contributed by atoms with E-state index < -0.39 is 0 Å². The molecule has 0 fully saturated rings. The van der Waals surface area contributed by atoms with Crippen LogP contribution in [0.15, 0.2) is 18.3 Å². The van der Waals surface area contributed by atoms with Gasteiger partial charge in [-0.2, -0.15) is 5.26 Å². The van der Waals surface area contributed by atoms with Crippen molar-refractivity contribution in [3.63, 3.8) is 0 Å². The van der Waals surface area contributed by atoms with Gasteiger partial charge in [0.05, 0.1) is 23.9 Å². The van der Waals surface area contributed by atoms with Gasteiger partial charge in [-0.15, -0.1) is 0 Å². The Morgan fingerprint density at radius 2 is 2.25 bits per heavy atom. The van der Waals surface area contributed by atoms with Gasteiger partial charge in [0, 0.05) is 6.20 Å². The first-order valence-electron chi connectivity index (χ1n) is 5.17. The average molecular weight is 217 g/mol. The van der Waals surface area contributed by atoms with Gasteiger partial charge >= 0.3 is 0 Å². The maximum atomic E-state index is 13.1. The number of aromatic nitrogens is 2. The number of fused-ring (bicyclic) bond motifs is 1. The largest absolute Gasteiger partial charge is 0.300 e. The van der Waals surface area contributed by atoms with E-state index in [1.54, 1.807) is 10.5 Å². The van der Waals surface area contributed by atoms with Crippen molar-refractivity contribution in [1.29, 1.82) is 5.26 Å². The minimum absolute atomic E-state index is 0.228. The van der Waals surface area contributed by atoms with Gasteiger partial charge < -0.3 is 0 Å². The van der Waals surface area contributed by atoms with E-state index in [1.807, 2.05) is 13.8 Å². The number of hydrogen-bond donors (Lipinski definition) is 0. The van der Waals surface area contributed by atoms with Crippen molar-refractivity contribution in [2.45, 2.75) is 26.2 Å². The second-order valence-electron chi connectivity index (χ2n) is 4.01. The summed E-state index contributed by atoms with van der Waals surface area (Å²) in [7, 11) is 0. The molecule has 0 atom stereocenters. The predicted octanol–water partition coefficient (Wildman–Crippen LogP) is 2.66. The van der Waals surface area contributed by atoms with Crippen LogP contribution in [-0.2, 0) is 6.42 Å². The lowest BCUT2D eigenvalue weighted by atomic mass is 10.1. The minimum atomic E-state index is -0.320. The third kappa shape index (κ3) is 1.65. The molecule has 2 heterocycles. The Labute approximate surface area is 93.2 Å². The summed E-state index contributed by atoms with van der Waals surface area (Å²) in [5.41, 5.74) is 2.34. The smallest absolute Gasteiger partial charge is 0.139 e. The molecule has 0 aliphatic heterocycles. The normalized spacial score (nSPS) is 10.9. The first kappa shape index (κ1) is 10.6. The standard InChI is InChI=1S/C12H12FN3/c1-8(2)12-10(5-6-14)16-7-9(13)3-4-11(16)15-12/h3-4,7-8H,5H2,1-2H3. The molecule has 2 aromatic heterocycles. The lowest BCUT2D eigenvalue weighted by Gasteiger charge is -2.03. The summed E-state index contributed by atoms with van der Waals surface area (Å²) in [6.07, 6.45) is 1.62. The Morgan fingerprint density at radius 1 is 1.50 bits per heavy atom. The van der Waals surface area contributed by atoms with Crippen LogP contribution in [0.1, 0.15) is 31.2 Å². The molecule has 0 aromatic carbocycles. The first-order valence-corrected chi connectivity index (χ1v) is 5.17. The highest BCUT2D eigenvalue weighted by Crippen LogP contribution is 2.21. The molecule has 0 bridgehead atoms. The van der Waals surface area contributed by atoms with Crippen LogP contribution in [0.25, 0.3) is 5.65 Å². The van der Waals surface area contributed by atoms with Gasteiger partial charge in [0.2, 0.25) is 0 Å². The van der Waals surface area contributed by atoms with Gasteiger partial charge in [0.15, 0.2) is 0 Å². The lowest BCUT2D eigenvalue weighted by molar-refractivity contribution is 0.618. The summed E-state index contributed by atoms with van der Waals surface area (Å²) in [5.74, 6) is -0.0919. The van der Waals surface area contributed by atoms with E-state index in [0.717, 1.165) is 11.4 Å². The monoisotopic (exact) mass is 217 g/mol. The van der Waals surface area contributed by atoms with Crippen molar-refractivity contribution < 1.29 is 4.39 Å². The van der Waals surface area contributed by atoms with Crippen LogP contribution in [0.5, 0.6) is 0 Å². The van der Waals surface area contributed by atoms with Crippen LogP contribution in [0.4, 0.5) is 4.39 Å². The minimum Gasteiger partial charge on any atom is -0.300 e. The number of hydrogen-bond acceptors (Lipinski definition) is 2. The SMILES string of the molecule is CC(C)c1nc2ccc(F)cn2c1CC#N. The van der Waals surface area contributed by atoms with Crippen LogP contribution >= 0.6 is 0 Å². The van der Waals surface area contributed by atoms with Gasteiger partial charge in [-0.25, -0.2) is 9.37 Å². The number of rotatable bonds is 2. The molecule has 0 unspecified atom stereocenters. The molecule has 0 radical (unpaired) electrons. The summed E-state index contributed by atoms with van der Waals surface area (Å²) in [6, 6.07) is 5.10. The number of pyridine rings is 1. The zero-order valence-electron chi connectivity index (χ0n) is 9.24. The summed E-state index contributed by atoms with van der Waals surface area (Å²) in [4.78, 5) is 4.42. The van der Waals surface area contributed by atoms with E-state index in [2.05, 4.69) is 11.1 Å². The maximum Gasteiger partial charge on any atom is 0.139 e. The maximum absolute atomic E-state index is 13.1. The molecule has 0 saturated carbocycles. The third-order valence-electron chi connectivity index (χ3n) is 2.51. The summed E-state index contributed by atoms with van der Waals surface area (Å²) in [6.45, 7) is 4.03. The topological polar surface area (TPSA) is 41.1 Å². The summed E-state index contributed by atoms with van der Waals surface area (Å²) in [5, 5.41) is 8.79. The fraction of sp³-hybridized carbons (Fsp3) is 0.333. The van der Waals surface area contributed by atoms with E-state index in [0.29, 0.717) is 5.65 Å². The number of nitriles is 1. The summed E-state index contributed by atoms with van der Waals surface area (Å²) < 4.78 is 14.8. The molecule has 4 heteroatoms. The zero-order chi connectivity index (χ0) is 11.7. The van der Waals surface area contributed by atoms with Gasteiger partial charge in [0.25, 0.3) is 0 Å². The van der Waals surface area contributed by atoms with Crippen molar-refractivity contribution in [1.82, 2.24) is 9.38 Å². The van der Waals surface area contributed by atoms with Crippen molar-refractivity contribution in [2.24, 2.45) is 0 Å². The Hall–Kier alpha value is -1.89. The van der Waals surface area contributed by atoms with Crippen LogP contribution in [0.2, 0.25) is 0 Å². The van der Waals surface area contributed by atoms with E-state index >= 15 is 0 Å². The fourth-order valence-corrected chi connectivity index (χ4v) is 1.80. The molecule has 3 nitrogen and oxygen atoms in total. The Bertz CT molecular complexity index is 563. The molecule has 0 spiro atoms. The molecule has 0 N–H and O–H groups in total. The van der Waals surface area contributed by atoms with Crippen molar-refractivity contribution >= 4 is 5.65 Å². The molecular formula is C12H12FN3. The molecule has 82 valence electrons. The Kier molecular flexibility index (Phi) is 2.61. The number of halogens is 1. The van der Waals surface area contributed by atoms with Crippen molar-refractivity contribution in [2.75, 3.05) is 0 Å². The highest BCUT2D eigenvalue weighted by molar-refractivity contribution is 5.44. The fourth-order valence-electron chi connectivity index (χ4n) is 1.80. The average Bonchev–Trinajstić information content (AvgIpc) is 2.58. The Morgan fingerprint density at radius 3 is 2.88 bits per heavy atom. The highest BCUT2D eigenvalue weighted by atomic mass is 19.1. The van der Waals surface area contributed by atoms with Crippen molar-refractivity contribution in [3.8, 4) is 6.07 Å². The van der Waals surface area contributed by atoms with Gasteiger partial charge in [-0.1, -0.05) is 13.8 Å². The molecular weight excluding hydrogens is 205 g/mol. The van der Waals surface area contributed by atoms with Crippen LogP contribution < -0.4 is 0 Å². The van der Waals surface area contributed by atoms with E-state index in [-0.39, 0.29) is 18.2 Å². The zero-order valence-corrected chi connectivity index (χ0v) is 9.24. The van der Waals surface area contributed by atoms with E-state index in [1.165, 1.54) is 12.3 Å². The first-order chi connectivity index (χ1) is 7.63. The third-order valence-corrected chi connectivity index (χ3v) is 2.51. The number of imidazole rings is 1. The van der Waals surface area contributed by atoms with Gasteiger partial charge in [0.1, 0.15) is 11.5 Å². The van der Waals surface area contributed by atoms with E-state index in [9.17, 15) is 4.39 Å². The second-order valence-corrected chi connectivity index (χ2v) is 4.01. The molecule has 2 rings (SSSR count). The van der Waals surface area contributed by atoms with E-state index in [4.69, 9.17) is 5.26 Å². The predicted molar refractivity (Wildman–Crippen MR) is 58.6 cm³/mol. The second kappa shape index (κ2) is 3.93. The van der Waals surface area contributed by atoms with Gasteiger partial charge in [-0.05, 0) is 18.1 Å². The molecule has 0 aliphatic rings. The molecule has 0 aliphatic carbocycles. The van der Waals surface area contributed by atoms with Crippen molar-refractivity contribution in [3.05, 3.63) is 35.5 Å². The molecule has 2 aromatic rings. The summed E-state index contributed by atoms with van der Waals surface area (Å²) >= 11 is 0. The highest BCUT2D eigenvalue weighted by Gasteiger charge is 2.14.